The fourth-order valence-corrected chi connectivity index (χ4v) is 2.19. The van der Waals surface area contributed by atoms with E-state index in [-0.39, 0.29) is 0 Å². The van der Waals surface area contributed by atoms with Crippen molar-refractivity contribution in [2.24, 2.45) is 5.41 Å². The van der Waals surface area contributed by atoms with E-state index in [0.29, 0.717) is 11.5 Å². The molecule has 104 valence electrons. The highest BCUT2D eigenvalue weighted by Crippen LogP contribution is 2.22. The van der Waals surface area contributed by atoms with Crippen molar-refractivity contribution in [3.05, 3.63) is 0 Å². The van der Waals surface area contributed by atoms with Crippen molar-refractivity contribution in [2.45, 2.75) is 66.8 Å². The van der Waals surface area contributed by atoms with Crippen molar-refractivity contribution >= 4 is 0 Å². The molecule has 0 aromatic heterocycles. The molecule has 2 nitrogen and oxygen atoms in total. The van der Waals surface area contributed by atoms with Crippen LogP contribution in [0.1, 0.15) is 60.8 Å². The molecule has 1 unspecified atom stereocenters. The van der Waals surface area contributed by atoms with Crippen LogP contribution >= 0.6 is 0 Å². The molecule has 17 heavy (non-hydrogen) atoms. The first kappa shape index (κ1) is 16.9. The van der Waals surface area contributed by atoms with Gasteiger partial charge in [-0.1, -0.05) is 41.5 Å². The van der Waals surface area contributed by atoms with Gasteiger partial charge in [-0.2, -0.15) is 0 Å². The third-order valence-corrected chi connectivity index (χ3v) is 3.48. The predicted molar refractivity (Wildman–Crippen MR) is 78.6 cm³/mol. The average molecular weight is 242 g/mol. The first-order valence-corrected chi connectivity index (χ1v) is 7.43. The highest BCUT2D eigenvalue weighted by molar-refractivity contribution is 4.80. The van der Waals surface area contributed by atoms with Gasteiger partial charge in [-0.25, -0.2) is 0 Å². The van der Waals surface area contributed by atoms with Crippen LogP contribution in [0.2, 0.25) is 0 Å². The summed E-state index contributed by atoms with van der Waals surface area (Å²) < 4.78 is 0. The van der Waals surface area contributed by atoms with Crippen LogP contribution in [-0.4, -0.2) is 37.1 Å². The zero-order valence-corrected chi connectivity index (χ0v) is 13.0. The van der Waals surface area contributed by atoms with Crippen LogP contribution in [-0.2, 0) is 0 Å². The summed E-state index contributed by atoms with van der Waals surface area (Å²) >= 11 is 0. The van der Waals surface area contributed by atoms with E-state index in [1.54, 1.807) is 0 Å². The highest BCUT2D eigenvalue weighted by Gasteiger charge is 2.24. The van der Waals surface area contributed by atoms with Crippen molar-refractivity contribution in [3.8, 4) is 0 Å². The molecule has 0 aliphatic rings. The molecule has 0 aliphatic carbocycles. The molecule has 0 aromatic carbocycles. The Balaban J connectivity index is 4.29. The van der Waals surface area contributed by atoms with Crippen molar-refractivity contribution in [3.63, 3.8) is 0 Å². The van der Waals surface area contributed by atoms with Gasteiger partial charge in [-0.05, 0) is 37.8 Å². The van der Waals surface area contributed by atoms with Crippen LogP contribution in [0.3, 0.4) is 0 Å². The summed E-state index contributed by atoms with van der Waals surface area (Å²) in [6.45, 7) is 18.6. The molecule has 0 aromatic rings. The standard InChI is InChI=1S/C15H34N2/c1-7-10-17(11-8-2)13-15(6,9-3)12-16-14(4)5/h14,16H,7-13H2,1-6H3. The van der Waals surface area contributed by atoms with Gasteiger partial charge < -0.3 is 10.2 Å². The van der Waals surface area contributed by atoms with E-state index in [9.17, 15) is 0 Å². The Bertz CT molecular complexity index is 174. The van der Waals surface area contributed by atoms with Crippen LogP contribution in [0.4, 0.5) is 0 Å². The lowest BCUT2D eigenvalue weighted by Crippen LogP contribution is -2.44. The molecule has 0 spiro atoms. The molecule has 1 N–H and O–H groups in total. The maximum absolute atomic E-state index is 3.60. The molecule has 0 heterocycles. The fraction of sp³-hybridized carbons (Fsp3) is 1.00. The second kappa shape index (κ2) is 8.93. The summed E-state index contributed by atoms with van der Waals surface area (Å²) in [7, 11) is 0. The first-order chi connectivity index (χ1) is 7.97. The lowest BCUT2D eigenvalue weighted by molar-refractivity contribution is 0.152. The zero-order chi connectivity index (χ0) is 13.3. The molecule has 0 fully saturated rings. The van der Waals surface area contributed by atoms with Gasteiger partial charge >= 0.3 is 0 Å². The van der Waals surface area contributed by atoms with E-state index in [2.05, 4.69) is 51.8 Å². The van der Waals surface area contributed by atoms with Gasteiger partial charge in [0.2, 0.25) is 0 Å². The van der Waals surface area contributed by atoms with Gasteiger partial charge in [0.15, 0.2) is 0 Å². The first-order valence-electron chi connectivity index (χ1n) is 7.43. The maximum Gasteiger partial charge on any atom is 0.00474 e. The molecular formula is C15H34N2. The van der Waals surface area contributed by atoms with E-state index in [1.165, 1.54) is 38.9 Å². The summed E-state index contributed by atoms with van der Waals surface area (Å²) in [4.78, 5) is 2.63. The summed E-state index contributed by atoms with van der Waals surface area (Å²) in [6.07, 6.45) is 3.77. The topological polar surface area (TPSA) is 15.3 Å². The predicted octanol–water partition coefficient (Wildman–Crippen LogP) is 3.52. The average Bonchev–Trinajstić information content (AvgIpc) is 2.27. The summed E-state index contributed by atoms with van der Waals surface area (Å²) in [5.41, 5.74) is 0.411. The summed E-state index contributed by atoms with van der Waals surface area (Å²) in [5, 5.41) is 3.60. The van der Waals surface area contributed by atoms with Gasteiger partial charge in [0.1, 0.15) is 0 Å². The Morgan fingerprint density at radius 1 is 1.06 bits per heavy atom. The van der Waals surface area contributed by atoms with Crippen molar-refractivity contribution in [1.29, 1.82) is 0 Å². The molecule has 0 bridgehead atoms. The number of nitrogens with zero attached hydrogens (tertiary/aromatic N) is 1. The third kappa shape index (κ3) is 7.77. The Labute approximate surface area is 109 Å². The molecule has 2 heteroatoms. The zero-order valence-electron chi connectivity index (χ0n) is 13.0. The minimum Gasteiger partial charge on any atom is -0.314 e. The number of hydrogen-bond acceptors (Lipinski definition) is 2. The molecule has 0 radical (unpaired) electrons. The Kier molecular flexibility index (Phi) is 8.89. The summed E-state index contributed by atoms with van der Waals surface area (Å²) in [6, 6.07) is 0.590. The Morgan fingerprint density at radius 3 is 1.94 bits per heavy atom. The van der Waals surface area contributed by atoms with Gasteiger partial charge in [0.25, 0.3) is 0 Å². The van der Waals surface area contributed by atoms with Crippen molar-refractivity contribution in [2.75, 3.05) is 26.2 Å². The third-order valence-electron chi connectivity index (χ3n) is 3.48. The fourth-order valence-electron chi connectivity index (χ4n) is 2.19. The molecule has 1 atom stereocenters. The molecule has 0 amide bonds. The number of nitrogens with one attached hydrogen (secondary N) is 1. The van der Waals surface area contributed by atoms with E-state index in [4.69, 9.17) is 0 Å². The second-order valence-electron chi connectivity index (χ2n) is 5.98. The smallest absolute Gasteiger partial charge is 0.00474 e. The highest BCUT2D eigenvalue weighted by atomic mass is 15.1. The van der Waals surface area contributed by atoms with E-state index in [1.807, 2.05) is 0 Å². The number of hydrogen-bond donors (Lipinski definition) is 1. The lowest BCUT2D eigenvalue weighted by atomic mass is 9.86. The molecule has 0 saturated heterocycles. The van der Waals surface area contributed by atoms with Crippen molar-refractivity contribution in [1.82, 2.24) is 10.2 Å². The van der Waals surface area contributed by atoms with E-state index >= 15 is 0 Å². The molecular weight excluding hydrogens is 208 g/mol. The largest absolute Gasteiger partial charge is 0.314 e. The van der Waals surface area contributed by atoms with Crippen molar-refractivity contribution < 1.29 is 0 Å². The monoisotopic (exact) mass is 242 g/mol. The molecule has 0 saturated carbocycles. The van der Waals surface area contributed by atoms with E-state index in [0.717, 1.165) is 6.54 Å². The van der Waals surface area contributed by atoms with Gasteiger partial charge in [0.05, 0.1) is 0 Å². The van der Waals surface area contributed by atoms with Gasteiger partial charge in [-0.3, -0.25) is 0 Å². The quantitative estimate of drug-likeness (QED) is 0.630. The van der Waals surface area contributed by atoms with Gasteiger partial charge in [-0.15, -0.1) is 0 Å². The Hall–Kier alpha value is -0.0800. The van der Waals surface area contributed by atoms with Crippen LogP contribution in [0.15, 0.2) is 0 Å². The minimum atomic E-state index is 0.411. The maximum atomic E-state index is 3.60. The van der Waals surface area contributed by atoms with Crippen LogP contribution in [0, 0.1) is 5.41 Å². The minimum absolute atomic E-state index is 0.411. The molecule has 0 rings (SSSR count). The van der Waals surface area contributed by atoms with Crippen LogP contribution in [0.25, 0.3) is 0 Å². The van der Waals surface area contributed by atoms with Crippen LogP contribution < -0.4 is 5.32 Å². The second-order valence-corrected chi connectivity index (χ2v) is 5.98. The number of rotatable bonds is 10. The Morgan fingerprint density at radius 2 is 1.59 bits per heavy atom. The normalized spacial score (nSPS) is 15.5. The van der Waals surface area contributed by atoms with Gasteiger partial charge in [0, 0.05) is 19.1 Å². The van der Waals surface area contributed by atoms with Crippen LogP contribution in [0.5, 0.6) is 0 Å². The summed E-state index contributed by atoms with van der Waals surface area (Å²) in [5.74, 6) is 0. The molecule has 0 aliphatic heterocycles. The lowest BCUT2D eigenvalue weighted by Gasteiger charge is -2.35. The van der Waals surface area contributed by atoms with E-state index < -0.39 is 0 Å². The SMILES string of the molecule is CCCN(CCC)CC(C)(CC)CNC(C)C.